The first-order valence-corrected chi connectivity index (χ1v) is 7.74. The lowest BCUT2D eigenvalue weighted by Gasteiger charge is -2.47. The first-order valence-electron chi connectivity index (χ1n) is 7.74. The highest BCUT2D eigenvalue weighted by Crippen LogP contribution is 2.50. The Morgan fingerprint density at radius 3 is 2.65 bits per heavy atom. The summed E-state index contributed by atoms with van der Waals surface area (Å²) in [6.45, 7) is 12.0. The van der Waals surface area contributed by atoms with Crippen molar-refractivity contribution in [3.05, 3.63) is 29.3 Å². The molecule has 1 fully saturated rings. The minimum atomic E-state index is -0.138. The van der Waals surface area contributed by atoms with Crippen molar-refractivity contribution < 1.29 is 9.47 Å². The second kappa shape index (κ2) is 4.49. The fraction of sp³-hybridized carbons (Fsp3) is 0.667. The first kappa shape index (κ1) is 13.9. The van der Waals surface area contributed by atoms with Gasteiger partial charge in [0.05, 0.1) is 6.10 Å². The maximum Gasteiger partial charge on any atom is 0.125 e. The fourth-order valence-corrected chi connectivity index (χ4v) is 3.49. The predicted octanol–water partition coefficient (Wildman–Crippen LogP) is 4.62. The summed E-state index contributed by atoms with van der Waals surface area (Å²) in [5, 5.41) is 0. The van der Waals surface area contributed by atoms with E-state index in [2.05, 4.69) is 52.8 Å². The largest absolute Gasteiger partial charge is 0.487 e. The maximum atomic E-state index is 6.28. The molecule has 2 atom stereocenters. The van der Waals surface area contributed by atoms with Crippen molar-refractivity contribution in [2.75, 3.05) is 6.61 Å². The van der Waals surface area contributed by atoms with Gasteiger partial charge < -0.3 is 9.47 Å². The molecule has 0 bridgehead atoms. The van der Waals surface area contributed by atoms with Crippen molar-refractivity contribution in [2.45, 2.75) is 64.6 Å². The number of hydrogen-bond acceptors (Lipinski definition) is 2. The van der Waals surface area contributed by atoms with Crippen LogP contribution in [0.3, 0.4) is 0 Å². The van der Waals surface area contributed by atoms with E-state index in [4.69, 9.17) is 9.47 Å². The second-order valence-electron chi connectivity index (χ2n) is 7.75. The first-order chi connectivity index (χ1) is 9.29. The van der Waals surface area contributed by atoms with Gasteiger partial charge in [-0.3, -0.25) is 0 Å². The van der Waals surface area contributed by atoms with Crippen LogP contribution in [0.2, 0.25) is 0 Å². The van der Waals surface area contributed by atoms with Gasteiger partial charge in [0.1, 0.15) is 11.4 Å². The van der Waals surface area contributed by atoms with Gasteiger partial charge in [0.25, 0.3) is 0 Å². The molecule has 1 aromatic rings. The van der Waals surface area contributed by atoms with E-state index in [-0.39, 0.29) is 17.1 Å². The van der Waals surface area contributed by atoms with E-state index in [9.17, 15) is 0 Å². The third-order valence-electron chi connectivity index (χ3n) is 4.77. The third-order valence-corrected chi connectivity index (χ3v) is 4.77. The van der Waals surface area contributed by atoms with Crippen molar-refractivity contribution in [1.29, 1.82) is 0 Å². The molecule has 2 aliphatic heterocycles. The van der Waals surface area contributed by atoms with Crippen LogP contribution >= 0.6 is 0 Å². The minimum Gasteiger partial charge on any atom is -0.487 e. The number of fused-ring (bicyclic) bond motifs is 3. The maximum absolute atomic E-state index is 6.28. The second-order valence-corrected chi connectivity index (χ2v) is 7.75. The molecule has 2 unspecified atom stereocenters. The number of hydrogen-bond donors (Lipinski definition) is 0. The van der Waals surface area contributed by atoms with Crippen LogP contribution in [0, 0.1) is 5.92 Å². The molecule has 0 radical (unpaired) electrons. The highest BCUT2D eigenvalue weighted by atomic mass is 16.5. The molecule has 2 heteroatoms. The van der Waals surface area contributed by atoms with Crippen molar-refractivity contribution in [3.8, 4) is 5.75 Å². The van der Waals surface area contributed by atoms with Gasteiger partial charge in [0.2, 0.25) is 0 Å². The summed E-state index contributed by atoms with van der Waals surface area (Å²) in [6, 6.07) is 6.62. The number of benzene rings is 1. The van der Waals surface area contributed by atoms with Gasteiger partial charge in [-0.25, -0.2) is 0 Å². The van der Waals surface area contributed by atoms with Crippen LogP contribution < -0.4 is 4.74 Å². The summed E-state index contributed by atoms with van der Waals surface area (Å²) in [5.74, 6) is 1.46. The molecule has 0 spiro atoms. The number of rotatable bonds is 0. The lowest BCUT2D eigenvalue weighted by atomic mass is 9.75. The topological polar surface area (TPSA) is 18.5 Å². The molecule has 1 aromatic carbocycles. The molecule has 110 valence electrons. The van der Waals surface area contributed by atoms with Crippen molar-refractivity contribution in [3.63, 3.8) is 0 Å². The van der Waals surface area contributed by atoms with Gasteiger partial charge in [-0.15, -0.1) is 0 Å². The SMILES string of the molecule is CC(C)(C)c1ccc2c(c1)C1OCCCC1C(C)(C)O2. The Bertz CT molecular complexity index is 511. The Kier molecular flexibility index (Phi) is 3.13. The lowest BCUT2D eigenvalue weighted by molar-refractivity contribution is -0.116. The Balaban J connectivity index is 2.07. The monoisotopic (exact) mass is 274 g/mol. The fourth-order valence-electron chi connectivity index (χ4n) is 3.49. The van der Waals surface area contributed by atoms with Crippen LogP contribution in [0.1, 0.15) is 64.7 Å². The van der Waals surface area contributed by atoms with E-state index in [0.29, 0.717) is 5.92 Å². The van der Waals surface area contributed by atoms with Gasteiger partial charge in [0.15, 0.2) is 0 Å². The Hall–Kier alpha value is -1.02. The summed E-state index contributed by atoms with van der Waals surface area (Å²) in [7, 11) is 0. The summed E-state index contributed by atoms with van der Waals surface area (Å²) in [4.78, 5) is 0. The van der Waals surface area contributed by atoms with Gasteiger partial charge in [0, 0.05) is 18.1 Å². The molecular weight excluding hydrogens is 248 g/mol. The van der Waals surface area contributed by atoms with Crippen molar-refractivity contribution in [2.24, 2.45) is 5.92 Å². The Labute approximate surface area is 122 Å². The summed E-state index contributed by atoms with van der Waals surface area (Å²) in [6.07, 6.45) is 2.53. The third kappa shape index (κ3) is 2.24. The Morgan fingerprint density at radius 2 is 1.95 bits per heavy atom. The van der Waals surface area contributed by atoms with Crippen molar-refractivity contribution in [1.82, 2.24) is 0 Å². The van der Waals surface area contributed by atoms with E-state index >= 15 is 0 Å². The molecule has 2 heterocycles. The van der Waals surface area contributed by atoms with Crippen LogP contribution in [0.15, 0.2) is 18.2 Å². The average Bonchev–Trinajstić information content (AvgIpc) is 2.37. The Morgan fingerprint density at radius 1 is 1.20 bits per heavy atom. The van der Waals surface area contributed by atoms with Crippen LogP contribution in [0.5, 0.6) is 5.75 Å². The van der Waals surface area contributed by atoms with E-state index in [0.717, 1.165) is 18.8 Å². The summed E-state index contributed by atoms with van der Waals surface area (Å²) in [5.41, 5.74) is 2.63. The normalized spacial score (nSPS) is 28.2. The average molecular weight is 274 g/mol. The van der Waals surface area contributed by atoms with Crippen LogP contribution in [-0.2, 0) is 10.2 Å². The summed E-state index contributed by atoms with van der Waals surface area (Å²) >= 11 is 0. The van der Waals surface area contributed by atoms with E-state index in [1.54, 1.807) is 0 Å². The smallest absolute Gasteiger partial charge is 0.125 e. The van der Waals surface area contributed by atoms with Crippen LogP contribution in [-0.4, -0.2) is 12.2 Å². The predicted molar refractivity (Wildman–Crippen MR) is 81.3 cm³/mol. The standard InChI is InChI=1S/C18H26O2/c1-17(2,3)12-8-9-15-13(11-12)16-14(7-6-10-19-16)18(4,5)20-15/h8-9,11,14,16H,6-7,10H2,1-5H3. The van der Waals surface area contributed by atoms with E-state index in [1.807, 2.05) is 0 Å². The van der Waals surface area contributed by atoms with Gasteiger partial charge in [-0.05, 0) is 49.8 Å². The molecule has 0 amide bonds. The zero-order valence-corrected chi connectivity index (χ0v) is 13.3. The highest BCUT2D eigenvalue weighted by Gasteiger charge is 2.45. The van der Waals surface area contributed by atoms with Crippen LogP contribution in [0.4, 0.5) is 0 Å². The van der Waals surface area contributed by atoms with Crippen LogP contribution in [0.25, 0.3) is 0 Å². The molecule has 20 heavy (non-hydrogen) atoms. The highest BCUT2D eigenvalue weighted by molar-refractivity contribution is 5.43. The summed E-state index contributed by atoms with van der Waals surface area (Å²) < 4.78 is 12.4. The quantitative estimate of drug-likeness (QED) is 0.687. The van der Waals surface area contributed by atoms with Crippen molar-refractivity contribution >= 4 is 0 Å². The molecule has 2 aliphatic rings. The number of ether oxygens (including phenoxy) is 2. The van der Waals surface area contributed by atoms with Gasteiger partial charge >= 0.3 is 0 Å². The van der Waals surface area contributed by atoms with E-state index < -0.39 is 0 Å². The molecule has 0 saturated carbocycles. The zero-order chi connectivity index (χ0) is 14.5. The van der Waals surface area contributed by atoms with E-state index in [1.165, 1.54) is 17.5 Å². The molecule has 0 aliphatic carbocycles. The molecule has 3 rings (SSSR count). The lowest BCUT2D eigenvalue weighted by Crippen LogP contribution is -2.47. The van der Waals surface area contributed by atoms with Gasteiger partial charge in [-0.1, -0.05) is 26.8 Å². The molecule has 1 saturated heterocycles. The van der Waals surface area contributed by atoms with Gasteiger partial charge in [-0.2, -0.15) is 0 Å². The molecular formula is C18H26O2. The zero-order valence-electron chi connectivity index (χ0n) is 13.3. The molecule has 0 N–H and O–H groups in total. The minimum absolute atomic E-state index is 0.138. The molecule has 0 aromatic heterocycles. The molecule has 2 nitrogen and oxygen atoms in total.